The number of thiophene rings is 1. The standard InChI is InChI=1S/C18H14N4OS2/c1-10-13-16(24-14(10)11-5-3-2-4-6-11)19-9-20-17(13)25-18-22-21-15(23-18)12-7-8-12/h2-6,9,12H,7-8H2,1H3. The third-order valence-electron chi connectivity index (χ3n) is 4.26. The zero-order valence-electron chi connectivity index (χ0n) is 13.5. The Bertz CT molecular complexity index is 1050. The summed E-state index contributed by atoms with van der Waals surface area (Å²) in [6.45, 7) is 2.12. The second kappa shape index (κ2) is 5.93. The Hall–Kier alpha value is -2.25. The van der Waals surface area contributed by atoms with Gasteiger partial charge in [0.25, 0.3) is 5.22 Å². The number of nitrogens with zero attached hydrogens (tertiary/aromatic N) is 4. The Balaban J connectivity index is 1.57. The van der Waals surface area contributed by atoms with Gasteiger partial charge in [0.1, 0.15) is 16.2 Å². The molecular formula is C18H14N4OS2. The van der Waals surface area contributed by atoms with Crippen LogP contribution in [0.25, 0.3) is 20.7 Å². The third kappa shape index (κ3) is 2.73. The van der Waals surface area contributed by atoms with E-state index in [-0.39, 0.29) is 0 Å². The molecule has 0 aliphatic heterocycles. The molecule has 0 unspecified atom stereocenters. The van der Waals surface area contributed by atoms with E-state index in [4.69, 9.17) is 4.42 Å². The molecule has 0 amide bonds. The van der Waals surface area contributed by atoms with Crippen molar-refractivity contribution in [1.29, 1.82) is 0 Å². The SMILES string of the molecule is Cc1c(-c2ccccc2)sc2ncnc(Sc3nnc(C4CC4)o3)c12. The molecule has 0 bridgehead atoms. The number of aromatic nitrogens is 4. The third-order valence-corrected chi connectivity index (χ3v) is 6.35. The largest absolute Gasteiger partial charge is 0.415 e. The maximum absolute atomic E-state index is 5.78. The minimum absolute atomic E-state index is 0.458. The monoisotopic (exact) mass is 366 g/mol. The normalized spacial score (nSPS) is 14.3. The van der Waals surface area contributed by atoms with E-state index in [1.807, 2.05) is 6.07 Å². The van der Waals surface area contributed by atoms with Crippen molar-refractivity contribution in [2.24, 2.45) is 0 Å². The average molecular weight is 366 g/mol. The van der Waals surface area contributed by atoms with Crippen LogP contribution in [0, 0.1) is 6.92 Å². The summed E-state index contributed by atoms with van der Waals surface area (Å²) in [5.74, 6) is 1.21. The van der Waals surface area contributed by atoms with E-state index < -0.39 is 0 Å². The van der Waals surface area contributed by atoms with E-state index in [9.17, 15) is 0 Å². The number of hydrogen-bond donors (Lipinski definition) is 0. The molecule has 1 saturated carbocycles. The van der Waals surface area contributed by atoms with Crippen LogP contribution in [0.5, 0.6) is 0 Å². The maximum Gasteiger partial charge on any atom is 0.282 e. The zero-order valence-corrected chi connectivity index (χ0v) is 15.1. The van der Waals surface area contributed by atoms with Crippen molar-refractivity contribution in [3.8, 4) is 10.4 Å². The van der Waals surface area contributed by atoms with Gasteiger partial charge >= 0.3 is 0 Å². The van der Waals surface area contributed by atoms with Crippen LogP contribution in [-0.2, 0) is 0 Å². The molecule has 25 heavy (non-hydrogen) atoms. The zero-order chi connectivity index (χ0) is 16.8. The van der Waals surface area contributed by atoms with E-state index in [2.05, 4.69) is 51.4 Å². The van der Waals surface area contributed by atoms with Gasteiger partial charge in [-0.05, 0) is 42.7 Å². The maximum atomic E-state index is 5.78. The van der Waals surface area contributed by atoms with E-state index in [0.717, 1.165) is 34.0 Å². The van der Waals surface area contributed by atoms with Crippen LogP contribution in [0.3, 0.4) is 0 Å². The minimum atomic E-state index is 0.458. The van der Waals surface area contributed by atoms with Gasteiger partial charge in [0.05, 0.1) is 0 Å². The molecule has 1 aliphatic carbocycles. The van der Waals surface area contributed by atoms with Crippen LogP contribution in [0.1, 0.15) is 30.2 Å². The Morgan fingerprint density at radius 3 is 2.76 bits per heavy atom. The van der Waals surface area contributed by atoms with Gasteiger partial charge in [-0.1, -0.05) is 30.3 Å². The molecule has 3 heterocycles. The van der Waals surface area contributed by atoms with Crippen LogP contribution >= 0.6 is 23.1 Å². The fourth-order valence-corrected chi connectivity index (χ4v) is 4.87. The first kappa shape index (κ1) is 15.0. The fraction of sp³-hybridized carbons (Fsp3) is 0.222. The summed E-state index contributed by atoms with van der Waals surface area (Å²) >= 11 is 3.11. The lowest BCUT2D eigenvalue weighted by Gasteiger charge is -2.01. The first-order chi connectivity index (χ1) is 12.3. The molecule has 5 rings (SSSR count). The Labute approximate surface area is 152 Å². The number of rotatable bonds is 4. The van der Waals surface area contributed by atoms with Gasteiger partial charge in [-0.2, -0.15) is 0 Å². The van der Waals surface area contributed by atoms with Gasteiger partial charge in [0, 0.05) is 16.2 Å². The summed E-state index contributed by atoms with van der Waals surface area (Å²) < 4.78 is 5.78. The summed E-state index contributed by atoms with van der Waals surface area (Å²) in [5, 5.41) is 10.8. The summed E-state index contributed by atoms with van der Waals surface area (Å²) in [7, 11) is 0. The Morgan fingerprint density at radius 1 is 1.12 bits per heavy atom. The average Bonchev–Trinajstić information content (AvgIpc) is 3.30. The van der Waals surface area contributed by atoms with Gasteiger partial charge in [-0.3, -0.25) is 0 Å². The van der Waals surface area contributed by atoms with Crippen molar-refractivity contribution >= 4 is 33.3 Å². The highest BCUT2D eigenvalue weighted by Crippen LogP contribution is 2.43. The molecule has 1 fully saturated rings. The summed E-state index contributed by atoms with van der Waals surface area (Å²) in [6.07, 6.45) is 3.90. The van der Waals surface area contributed by atoms with Crippen molar-refractivity contribution < 1.29 is 4.42 Å². The fourth-order valence-electron chi connectivity index (χ4n) is 2.82. The van der Waals surface area contributed by atoms with Crippen LogP contribution in [0.15, 0.2) is 51.3 Å². The molecule has 0 saturated heterocycles. The molecule has 3 aromatic heterocycles. The molecule has 0 spiro atoms. The lowest BCUT2D eigenvalue weighted by molar-refractivity contribution is 0.414. The summed E-state index contributed by atoms with van der Waals surface area (Å²) in [5.41, 5.74) is 2.39. The van der Waals surface area contributed by atoms with E-state index >= 15 is 0 Å². The molecular weight excluding hydrogens is 352 g/mol. The van der Waals surface area contributed by atoms with Crippen molar-refractivity contribution in [1.82, 2.24) is 20.2 Å². The smallest absolute Gasteiger partial charge is 0.282 e. The topological polar surface area (TPSA) is 64.7 Å². The molecule has 4 aromatic rings. The van der Waals surface area contributed by atoms with Crippen molar-refractivity contribution in [3.63, 3.8) is 0 Å². The molecule has 124 valence electrons. The highest BCUT2D eigenvalue weighted by Gasteiger charge is 2.29. The molecule has 1 aliphatic rings. The van der Waals surface area contributed by atoms with Gasteiger partial charge < -0.3 is 4.42 Å². The molecule has 5 nitrogen and oxygen atoms in total. The van der Waals surface area contributed by atoms with Crippen molar-refractivity contribution in [3.05, 3.63) is 48.1 Å². The highest BCUT2D eigenvalue weighted by atomic mass is 32.2. The van der Waals surface area contributed by atoms with E-state index in [0.29, 0.717) is 11.1 Å². The predicted octanol–water partition coefficient (Wildman–Crippen LogP) is 5.08. The lowest BCUT2D eigenvalue weighted by Crippen LogP contribution is -1.85. The second-order valence-corrected chi connectivity index (χ2v) is 8.00. The predicted molar refractivity (Wildman–Crippen MR) is 98.0 cm³/mol. The molecule has 0 N–H and O–H groups in total. The van der Waals surface area contributed by atoms with Gasteiger partial charge in [0.2, 0.25) is 5.89 Å². The van der Waals surface area contributed by atoms with Crippen LogP contribution in [-0.4, -0.2) is 20.2 Å². The van der Waals surface area contributed by atoms with E-state index in [1.165, 1.54) is 27.8 Å². The van der Waals surface area contributed by atoms with Gasteiger partial charge in [0.15, 0.2) is 0 Å². The van der Waals surface area contributed by atoms with Gasteiger partial charge in [-0.15, -0.1) is 21.5 Å². The Morgan fingerprint density at radius 2 is 1.96 bits per heavy atom. The first-order valence-electron chi connectivity index (χ1n) is 8.10. The van der Waals surface area contributed by atoms with Gasteiger partial charge in [-0.25, -0.2) is 9.97 Å². The Kier molecular flexibility index (Phi) is 3.57. The van der Waals surface area contributed by atoms with Crippen LogP contribution < -0.4 is 0 Å². The molecule has 0 atom stereocenters. The van der Waals surface area contributed by atoms with Crippen LogP contribution in [0.4, 0.5) is 0 Å². The number of benzene rings is 1. The first-order valence-corrected chi connectivity index (χ1v) is 9.73. The molecule has 7 heteroatoms. The number of hydrogen-bond acceptors (Lipinski definition) is 7. The summed E-state index contributed by atoms with van der Waals surface area (Å²) in [6, 6.07) is 10.4. The lowest BCUT2D eigenvalue weighted by atomic mass is 10.1. The van der Waals surface area contributed by atoms with Crippen LogP contribution in [0.2, 0.25) is 0 Å². The minimum Gasteiger partial charge on any atom is -0.415 e. The number of aryl methyl sites for hydroxylation is 1. The second-order valence-electron chi connectivity index (χ2n) is 6.06. The van der Waals surface area contributed by atoms with Crippen molar-refractivity contribution in [2.75, 3.05) is 0 Å². The van der Waals surface area contributed by atoms with Crippen molar-refractivity contribution in [2.45, 2.75) is 35.9 Å². The molecule has 0 radical (unpaired) electrons. The highest BCUT2D eigenvalue weighted by molar-refractivity contribution is 7.99. The van der Waals surface area contributed by atoms with E-state index in [1.54, 1.807) is 17.7 Å². The number of fused-ring (bicyclic) bond motifs is 1. The quantitative estimate of drug-likeness (QED) is 0.469. The molecule has 1 aromatic carbocycles. The summed E-state index contributed by atoms with van der Waals surface area (Å²) in [4.78, 5) is 11.1.